The van der Waals surface area contributed by atoms with E-state index in [1.165, 1.54) is 7.11 Å². The number of methoxy groups -OCH3 is 1. The van der Waals surface area contributed by atoms with Crippen molar-refractivity contribution in [3.63, 3.8) is 0 Å². The third kappa shape index (κ3) is 1.44. The van der Waals surface area contributed by atoms with Gasteiger partial charge in [-0.05, 0) is 6.07 Å². The van der Waals surface area contributed by atoms with Crippen LogP contribution >= 0.6 is 0 Å². The second-order valence-corrected chi connectivity index (χ2v) is 2.29. The van der Waals surface area contributed by atoms with E-state index >= 15 is 0 Å². The van der Waals surface area contributed by atoms with Gasteiger partial charge in [0.2, 0.25) is 0 Å². The molecule has 0 aliphatic heterocycles. The summed E-state index contributed by atoms with van der Waals surface area (Å²) in [5, 5.41) is 0. The number of hydrogen-bond acceptors (Lipinski definition) is 2. The molecule has 64 valence electrons. The van der Waals surface area contributed by atoms with Crippen LogP contribution in [0.2, 0.25) is 0 Å². The van der Waals surface area contributed by atoms with Crippen LogP contribution in [0.5, 0.6) is 5.75 Å². The summed E-state index contributed by atoms with van der Waals surface area (Å²) in [4.78, 5) is 10.5. The number of carbonyl (C=O) groups excluding carboxylic acids is 1. The zero-order chi connectivity index (χ0) is 8.97. The maximum atomic E-state index is 12.3. The van der Waals surface area contributed by atoms with E-state index in [1.54, 1.807) is 18.2 Å². The van der Waals surface area contributed by atoms with E-state index in [-0.39, 0.29) is 0 Å². The van der Waals surface area contributed by atoms with Gasteiger partial charge in [-0.2, -0.15) is 0 Å². The molecule has 3 heteroatoms. The highest BCUT2D eigenvalue weighted by atomic mass is 19.1. The van der Waals surface area contributed by atoms with Crippen molar-refractivity contribution in [2.24, 2.45) is 0 Å². The fourth-order valence-corrected chi connectivity index (χ4v) is 1.05. The Kier molecular flexibility index (Phi) is 2.80. The molecular weight excluding hydrogens is 159 g/mol. The number of para-hydroxylation sites is 1. The van der Waals surface area contributed by atoms with Crippen LogP contribution in [0.25, 0.3) is 0 Å². The molecule has 0 saturated carbocycles. The molecule has 0 saturated heterocycles. The summed E-state index contributed by atoms with van der Waals surface area (Å²) in [5.74, 6) is 0.329. The summed E-state index contributed by atoms with van der Waals surface area (Å²) in [5.41, 5.74) is 0.787. The molecule has 0 aromatic heterocycles. The molecule has 0 atom stereocenters. The van der Waals surface area contributed by atoms with Gasteiger partial charge in [-0.25, -0.2) is 4.39 Å². The number of alkyl halides is 1. The van der Waals surface area contributed by atoms with Crippen LogP contribution in [-0.4, -0.2) is 13.4 Å². The number of ether oxygens (including phenoxy) is 1. The van der Waals surface area contributed by atoms with Gasteiger partial charge in [0.05, 0.1) is 12.7 Å². The number of halogens is 1. The first-order valence-corrected chi connectivity index (χ1v) is 3.50. The van der Waals surface area contributed by atoms with Crippen LogP contribution in [0.15, 0.2) is 18.2 Å². The largest absolute Gasteiger partial charge is 0.496 e. The average Bonchev–Trinajstić information content (AvgIpc) is 2.16. The predicted molar refractivity (Wildman–Crippen MR) is 43.2 cm³/mol. The SMILES string of the molecule is COc1c(C=O)cccc1CF. The number of rotatable bonds is 3. The van der Waals surface area contributed by atoms with Crippen molar-refractivity contribution in [3.05, 3.63) is 29.3 Å². The molecule has 0 unspecified atom stereocenters. The molecule has 1 aromatic rings. The highest BCUT2D eigenvalue weighted by Gasteiger charge is 2.06. The Hall–Kier alpha value is -1.38. The molecule has 0 N–H and O–H groups in total. The van der Waals surface area contributed by atoms with E-state index in [9.17, 15) is 9.18 Å². The second-order valence-electron chi connectivity index (χ2n) is 2.29. The maximum absolute atomic E-state index is 12.3. The van der Waals surface area contributed by atoms with Crippen molar-refractivity contribution in [1.29, 1.82) is 0 Å². The third-order valence-corrected chi connectivity index (χ3v) is 1.60. The van der Waals surface area contributed by atoms with Crippen LogP contribution in [-0.2, 0) is 6.67 Å². The molecule has 0 radical (unpaired) electrons. The molecular formula is C9H9FO2. The van der Waals surface area contributed by atoms with E-state index in [1.807, 2.05) is 0 Å². The second kappa shape index (κ2) is 3.85. The Balaban J connectivity index is 3.21. The first kappa shape index (κ1) is 8.71. The summed E-state index contributed by atoms with van der Waals surface area (Å²) < 4.78 is 17.2. The topological polar surface area (TPSA) is 26.3 Å². The van der Waals surface area contributed by atoms with Gasteiger partial charge in [-0.15, -0.1) is 0 Å². The van der Waals surface area contributed by atoms with Crippen LogP contribution < -0.4 is 4.74 Å². The van der Waals surface area contributed by atoms with Crippen LogP contribution in [0.1, 0.15) is 15.9 Å². The standard InChI is InChI=1S/C9H9FO2/c1-12-9-7(5-10)3-2-4-8(9)6-11/h2-4,6H,5H2,1H3. The van der Waals surface area contributed by atoms with Crippen molar-refractivity contribution >= 4 is 6.29 Å². The van der Waals surface area contributed by atoms with Gasteiger partial charge < -0.3 is 4.74 Å². The van der Waals surface area contributed by atoms with E-state index < -0.39 is 6.67 Å². The smallest absolute Gasteiger partial charge is 0.153 e. The van der Waals surface area contributed by atoms with Gasteiger partial charge >= 0.3 is 0 Å². The highest BCUT2D eigenvalue weighted by molar-refractivity contribution is 5.80. The lowest BCUT2D eigenvalue weighted by molar-refractivity contribution is 0.112. The molecule has 0 bridgehead atoms. The fourth-order valence-electron chi connectivity index (χ4n) is 1.05. The van der Waals surface area contributed by atoms with Gasteiger partial charge in [-0.1, -0.05) is 12.1 Å². The van der Waals surface area contributed by atoms with Gasteiger partial charge in [0, 0.05) is 5.56 Å². The van der Waals surface area contributed by atoms with Crippen molar-refractivity contribution in [3.8, 4) is 5.75 Å². The molecule has 1 rings (SSSR count). The average molecular weight is 168 g/mol. The number of benzene rings is 1. The Bertz CT molecular complexity index is 284. The normalized spacial score (nSPS) is 9.50. The number of carbonyl (C=O) groups is 1. The molecule has 0 aliphatic carbocycles. The quantitative estimate of drug-likeness (QED) is 0.645. The number of hydrogen-bond donors (Lipinski definition) is 0. The van der Waals surface area contributed by atoms with E-state index in [0.717, 1.165) is 0 Å². The molecule has 0 spiro atoms. The lowest BCUT2D eigenvalue weighted by Gasteiger charge is -2.06. The minimum atomic E-state index is -0.620. The van der Waals surface area contributed by atoms with Crippen molar-refractivity contribution in [2.75, 3.05) is 7.11 Å². The van der Waals surface area contributed by atoms with Crippen LogP contribution in [0.4, 0.5) is 4.39 Å². The third-order valence-electron chi connectivity index (χ3n) is 1.60. The molecule has 0 amide bonds. The zero-order valence-electron chi connectivity index (χ0n) is 6.71. The first-order valence-electron chi connectivity index (χ1n) is 3.50. The van der Waals surface area contributed by atoms with E-state index in [2.05, 4.69) is 0 Å². The summed E-state index contributed by atoms with van der Waals surface area (Å²) in [6, 6.07) is 4.80. The molecule has 0 aliphatic rings. The highest BCUT2D eigenvalue weighted by Crippen LogP contribution is 2.22. The van der Waals surface area contributed by atoms with Gasteiger partial charge in [0.15, 0.2) is 6.29 Å². The van der Waals surface area contributed by atoms with E-state index in [0.29, 0.717) is 23.2 Å². The molecule has 2 nitrogen and oxygen atoms in total. The lowest BCUT2D eigenvalue weighted by atomic mass is 10.1. The first-order chi connectivity index (χ1) is 5.83. The molecule has 1 aromatic carbocycles. The summed E-state index contributed by atoms with van der Waals surface area (Å²) in [6.45, 7) is -0.620. The minimum Gasteiger partial charge on any atom is -0.496 e. The minimum absolute atomic E-state index is 0.329. The van der Waals surface area contributed by atoms with E-state index in [4.69, 9.17) is 4.74 Å². The van der Waals surface area contributed by atoms with Gasteiger partial charge in [0.25, 0.3) is 0 Å². The lowest BCUT2D eigenvalue weighted by Crippen LogP contribution is -1.94. The Morgan fingerprint density at radius 1 is 1.58 bits per heavy atom. The van der Waals surface area contributed by atoms with Crippen molar-refractivity contribution in [1.82, 2.24) is 0 Å². The summed E-state index contributed by atoms with van der Waals surface area (Å²) >= 11 is 0. The fraction of sp³-hybridized carbons (Fsp3) is 0.222. The molecule has 12 heavy (non-hydrogen) atoms. The monoisotopic (exact) mass is 168 g/mol. The molecule has 0 fully saturated rings. The van der Waals surface area contributed by atoms with Crippen LogP contribution in [0, 0.1) is 0 Å². The van der Waals surface area contributed by atoms with Crippen molar-refractivity contribution in [2.45, 2.75) is 6.67 Å². The summed E-state index contributed by atoms with van der Waals surface area (Å²) in [7, 11) is 1.42. The zero-order valence-corrected chi connectivity index (χ0v) is 6.71. The van der Waals surface area contributed by atoms with Gasteiger partial charge in [-0.3, -0.25) is 4.79 Å². The molecule has 0 heterocycles. The van der Waals surface area contributed by atoms with Crippen molar-refractivity contribution < 1.29 is 13.9 Å². The summed E-state index contributed by atoms with van der Waals surface area (Å²) in [6.07, 6.45) is 0.651. The Morgan fingerprint density at radius 3 is 2.83 bits per heavy atom. The van der Waals surface area contributed by atoms with Crippen LogP contribution in [0.3, 0.4) is 0 Å². The Morgan fingerprint density at radius 2 is 2.33 bits per heavy atom. The Labute approximate surface area is 70.0 Å². The maximum Gasteiger partial charge on any atom is 0.153 e. The predicted octanol–water partition coefficient (Wildman–Crippen LogP) is 1.98. The number of aldehydes is 1. The van der Waals surface area contributed by atoms with Gasteiger partial charge in [0.1, 0.15) is 12.4 Å².